The molecule has 0 spiro atoms. The summed E-state index contributed by atoms with van der Waals surface area (Å²) in [7, 11) is -3.46. The van der Waals surface area contributed by atoms with Gasteiger partial charge in [-0.2, -0.15) is 0 Å². The van der Waals surface area contributed by atoms with Gasteiger partial charge in [0.05, 0.1) is 47.7 Å². The average molecular weight is 531 g/mol. The highest BCUT2D eigenvalue weighted by Gasteiger charge is 2.18. The molecule has 3 aromatic heterocycles. The number of nitrogens with zero attached hydrogens (tertiary/aromatic N) is 4. The summed E-state index contributed by atoms with van der Waals surface area (Å²) in [5.74, 6) is 5.00. The maximum absolute atomic E-state index is 12.8. The molecule has 2 N–H and O–H groups in total. The number of benzene rings is 1. The van der Waals surface area contributed by atoms with E-state index in [1.165, 1.54) is 6.20 Å². The summed E-state index contributed by atoms with van der Waals surface area (Å²) in [6, 6.07) is 12.6. The largest absolute Gasteiger partial charge is 0.378 e. The predicted molar refractivity (Wildman–Crippen MR) is 145 cm³/mol. The number of amides is 1. The van der Waals surface area contributed by atoms with Crippen LogP contribution in [0.2, 0.25) is 0 Å². The van der Waals surface area contributed by atoms with E-state index >= 15 is 0 Å². The molecular weight excluding hydrogens is 504 g/mol. The number of carbonyl (C=O) groups excluding carboxylic acids is 1. The number of aromatic nitrogens is 4. The average Bonchev–Trinajstić information content (AvgIpc) is 3.35. The van der Waals surface area contributed by atoms with Crippen molar-refractivity contribution in [1.29, 1.82) is 0 Å². The minimum absolute atomic E-state index is 0.112. The van der Waals surface area contributed by atoms with Crippen LogP contribution in [0.5, 0.6) is 0 Å². The fraction of sp³-hybridized carbons (Fsp3) is 0.259. The first-order valence-electron chi connectivity index (χ1n) is 12.0. The summed E-state index contributed by atoms with van der Waals surface area (Å²) in [5, 5.41) is 3.52. The van der Waals surface area contributed by atoms with Crippen molar-refractivity contribution in [2.45, 2.75) is 18.4 Å². The molecule has 1 aliphatic rings. The highest BCUT2D eigenvalue weighted by Crippen LogP contribution is 2.29. The number of ether oxygens (including phenoxy) is 1. The van der Waals surface area contributed by atoms with Gasteiger partial charge in [0.2, 0.25) is 0 Å². The zero-order valence-electron chi connectivity index (χ0n) is 20.8. The van der Waals surface area contributed by atoms with Crippen molar-refractivity contribution < 1.29 is 17.9 Å². The van der Waals surface area contributed by atoms with Gasteiger partial charge in [0.1, 0.15) is 17.8 Å². The van der Waals surface area contributed by atoms with Crippen molar-refractivity contribution in [1.82, 2.24) is 19.9 Å². The normalized spacial score (nSPS) is 13.7. The molecule has 38 heavy (non-hydrogen) atoms. The standard InChI is InChI=1S/C27H26N6O4S/c1-2-3-25(34)31-21-8-9-22(28-15-21)17-38(35,36)16-19-4-6-20(7-5-19)24-14-23-26(32-24)29-18-30-27(23)33-10-12-37-13-11-33/h4-9,14-15,18H,10-13,16-17H2,1H3,(H,31,34)(H,29,30,32). The van der Waals surface area contributed by atoms with Crippen LogP contribution in [0, 0.1) is 11.8 Å². The van der Waals surface area contributed by atoms with Crippen molar-refractivity contribution in [3.05, 3.63) is 66.2 Å². The minimum Gasteiger partial charge on any atom is -0.378 e. The molecule has 1 fully saturated rings. The SMILES string of the molecule is CC#CC(=O)Nc1ccc(CS(=O)(=O)Cc2ccc(-c3cc4c(N5CCOCC5)ncnc4[nH]3)cc2)nc1. The van der Waals surface area contributed by atoms with Gasteiger partial charge < -0.3 is 19.9 Å². The lowest BCUT2D eigenvalue weighted by Crippen LogP contribution is -2.36. The third kappa shape index (κ3) is 5.99. The molecule has 1 amide bonds. The van der Waals surface area contributed by atoms with Gasteiger partial charge >= 0.3 is 0 Å². The van der Waals surface area contributed by atoms with E-state index in [0.717, 1.165) is 41.2 Å². The lowest BCUT2D eigenvalue weighted by Gasteiger charge is -2.27. The second kappa shape index (κ2) is 11.0. The topological polar surface area (TPSA) is 130 Å². The molecule has 1 aliphatic heterocycles. The fourth-order valence-corrected chi connectivity index (χ4v) is 5.70. The first-order valence-corrected chi connectivity index (χ1v) is 13.9. The zero-order valence-corrected chi connectivity index (χ0v) is 21.6. The summed E-state index contributed by atoms with van der Waals surface area (Å²) in [6.07, 6.45) is 2.98. The Morgan fingerprint density at radius 3 is 2.58 bits per heavy atom. The lowest BCUT2D eigenvalue weighted by molar-refractivity contribution is -0.111. The molecule has 1 saturated heterocycles. The van der Waals surface area contributed by atoms with Gasteiger partial charge in [-0.15, -0.1) is 0 Å². The molecule has 10 nitrogen and oxygen atoms in total. The van der Waals surface area contributed by atoms with Crippen LogP contribution in [0.15, 0.2) is 55.0 Å². The van der Waals surface area contributed by atoms with Crippen LogP contribution in [-0.4, -0.2) is 60.6 Å². The summed E-state index contributed by atoms with van der Waals surface area (Å²) < 4.78 is 31.1. The molecule has 0 saturated carbocycles. The molecule has 1 aromatic carbocycles. The Hall–Kier alpha value is -4.27. The van der Waals surface area contributed by atoms with Crippen LogP contribution in [0.3, 0.4) is 0 Å². The van der Waals surface area contributed by atoms with E-state index in [9.17, 15) is 13.2 Å². The summed E-state index contributed by atoms with van der Waals surface area (Å²) in [5.41, 5.74) is 4.08. The molecule has 0 unspecified atom stereocenters. The van der Waals surface area contributed by atoms with Gasteiger partial charge in [0.25, 0.3) is 5.91 Å². The van der Waals surface area contributed by atoms with E-state index in [2.05, 4.69) is 42.0 Å². The molecule has 194 valence electrons. The number of carbonyl (C=O) groups is 1. The quantitative estimate of drug-likeness (QED) is 0.349. The number of anilines is 2. The number of fused-ring (bicyclic) bond motifs is 1. The Kier molecular flexibility index (Phi) is 7.35. The molecule has 4 aromatic rings. The first kappa shape index (κ1) is 25.4. The second-order valence-corrected chi connectivity index (χ2v) is 10.9. The fourth-order valence-electron chi connectivity index (χ4n) is 4.28. The number of pyridine rings is 1. The van der Waals surface area contributed by atoms with Gasteiger partial charge in [-0.3, -0.25) is 9.78 Å². The molecule has 0 bridgehead atoms. The summed E-state index contributed by atoms with van der Waals surface area (Å²) in [4.78, 5) is 30.1. The van der Waals surface area contributed by atoms with E-state index in [0.29, 0.717) is 30.2 Å². The van der Waals surface area contributed by atoms with Gasteiger partial charge in [-0.25, -0.2) is 18.4 Å². The smallest absolute Gasteiger partial charge is 0.300 e. The van der Waals surface area contributed by atoms with Crippen molar-refractivity contribution in [3.63, 3.8) is 0 Å². The minimum atomic E-state index is -3.46. The number of morpholine rings is 1. The monoisotopic (exact) mass is 530 g/mol. The Bertz CT molecular complexity index is 1610. The van der Waals surface area contributed by atoms with Crippen molar-refractivity contribution >= 4 is 38.3 Å². The van der Waals surface area contributed by atoms with Crippen molar-refractivity contribution in [3.8, 4) is 23.1 Å². The van der Waals surface area contributed by atoms with Crippen LogP contribution < -0.4 is 10.2 Å². The third-order valence-corrected chi connectivity index (χ3v) is 7.56. The number of aromatic amines is 1. The number of rotatable bonds is 7. The molecule has 4 heterocycles. The number of nitrogens with one attached hydrogen (secondary N) is 2. The van der Waals surface area contributed by atoms with E-state index in [1.54, 1.807) is 25.4 Å². The Labute approximate surface area is 220 Å². The van der Waals surface area contributed by atoms with Gasteiger partial charge in [-0.1, -0.05) is 30.2 Å². The zero-order chi connectivity index (χ0) is 26.5. The van der Waals surface area contributed by atoms with Crippen molar-refractivity contribution in [2.24, 2.45) is 0 Å². The van der Waals surface area contributed by atoms with Gasteiger partial charge in [0.15, 0.2) is 9.84 Å². The van der Waals surface area contributed by atoms with Gasteiger partial charge in [0, 0.05) is 18.8 Å². The van der Waals surface area contributed by atoms with Crippen molar-refractivity contribution in [2.75, 3.05) is 36.5 Å². The summed E-state index contributed by atoms with van der Waals surface area (Å²) in [6.45, 7) is 4.46. The molecule has 5 rings (SSSR count). The lowest BCUT2D eigenvalue weighted by atomic mass is 10.1. The Morgan fingerprint density at radius 1 is 1.08 bits per heavy atom. The van der Waals surface area contributed by atoms with E-state index in [4.69, 9.17) is 4.74 Å². The van der Waals surface area contributed by atoms with E-state index in [1.807, 2.05) is 30.3 Å². The maximum atomic E-state index is 12.8. The summed E-state index contributed by atoms with van der Waals surface area (Å²) >= 11 is 0. The van der Waals surface area contributed by atoms with Crippen LogP contribution in [0.25, 0.3) is 22.3 Å². The third-order valence-electron chi connectivity index (χ3n) is 6.06. The molecule has 0 atom stereocenters. The highest BCUT2D eigenvalue weighted by molar-refractivity contribution is 7.89. The molecule has 11 heteroatoms. The van der Waals surface area contributed by atoms with Crippen LogP contribution in [0.4, 0.5) is 11.5 Å². The number of hydrogen-bond donors (Lipinski definition) is 2. The van der Waals surface area contributed by atoms with E-state index in [-0.39, 0.29) is 11.5 Å². The highest BCUT2D eigenvalue weighted by atomic mass is 32.2. The number of H-pyrrole nitrogens is 1. The molecule has 0 radical (unpaired) electrons. The second-order valence-electron chi connectivity index (χ2n) is 8.84. The molecule has 0 aliphatic carbocycles. The number of hydrogen-bond acceptors (Lipinski definition) is 8. The number of sulfone groups is 1. The Balaban J connectivity index is 1.26. The first-order chi connectivity index (χ1) is 18.4. The van der Waals surface area contributed by atoms with Gasteiger partial charge in [-0.05, 0) is 42.2 Å². The predicted octanol–water partition coefficient (Wildman–Crippen LogP) is 2.93. The van der Waals surface area contributed by atoms with Crippen LogP contribution >= 0.6 is 0 Å². The van der Waals surface area contributed by atoms with Crippen LogP contribution in [0.1, 0.15) is 18.2 Å². The maximum Gasteiger partial charge on any atom is 0.300 e. The van der Waals surface area contributed by atoms with Crippen LogP contribution in [-0.2, 0) is 30.9 Å². The Morgan fingerprint density at radius 2 is 1.87 bits per heavy atom. The van der Waals surface area contributed by atoms with E-state index < -0.39 is 15.7 Å². The molecular formula is C27H26N6O4S.